The van der Waals surface area contributed by atoms with Gasteiger partial charge in [0.25, 0.3) is 5.91 Å². The van der Waals surface area contributed by atoms with Gasteiger partial charge in [0.1, 0.15) is 5.75 Å². The number of sulfone groups is 1. The Morgan fingerprint density at radius 1 is 0.911 bits per heavy atom. The van der Waals surface area contributed by atoms with Crippen LogP contribution in [0.15, 0.2) is 76.5 Å². The maximum atomic E-state index is 13.4. The summed E-state index contributed by atoms with van der Waals surface area (Å²) in [4.78, 5) is 20.6. The van der Waals surface area contributed by atoms with Crippen molar-refractivity contribution in [3.8, 4) is 17.2 Å². The summed E-state index contributed by atoms with van der Waals surface area (Å²) in [6, 6.07) is 20.4. The maximum absolute atomic E-state index is 13.4. The molecule has 3 aliphatic rings. The average Bonchev–Trinajstić information content (AvgIpc) is 3.37. The Balaban J connectivity index is 1.05. The van der Waals surface area contributed by atoms with Gasteiger partial charge in [-0.2, -0.15) is 0 Å². The fourth-order valence-corrected chi connectivity index (χ4v) is 8.23. The first-order valence-electron chi connectivity index (χ1n) is 15.8. The Hall–Kier alpha value is -3.60. The molecule has 6 rings (SSSR count). The third-order valence-electron chi connectivity index (χ3n) is 9.42. The molecule has 0 spiro atoms. The number of methoxy groups -OCH3 is 1. The van der Waals surface area contributed by atoms with E-state index in [-0.39, 0.29) is 21.7 Å². The van der Waals surface area contributed by atoms with Crippen molar-refractivity contribution in [3.05, 3.63) is 77.9 Å². The molecule has 0 bridgehead atoms. The molecular weight excluding hydrogens is 590 g/mol. The normalized spacial score (nSPS) is 21.4. The molecule has 45 heavy (non-hydrogen) atoms. The predicted octanol–water partition coefficient (Wildman–Crippen LogP) is 5.41. The second-order valence-electron chi connectivity index (χ2n) is 12.8. The second-order valence-corrected chi connectivity index (χ2v) is 14.7. The number of piperidine rings is 1. The van der Waals surface area contributed by atoms with Crippen LogP contribution in [0.25, 0.3) is 0 Å². The summed E-state index contributed by atoms with van der Waals surface area (Å²) >= 11 is 0. The van der Waals surface area contributed by atoms with Gasteiger partial charge in [-0.1, -0.05) is 24.3 Å². The van der Waals surface area contributed by atoms with Gasteiger partial charge >= 0.3 is 0 Å². The molecule has 0 saturated carbocycles. The van der Waals surface area contributed by atoms with E-state index in [4.69, 9.17) is 14.2 Å². The fourth-order valence-electron chi connectivity index (χ4n) is 6.96. The minimum Gasteiger partial charge on any atom is -0.496 e. The monoisotopic (exact) mass is 633 g/mol. The number of piperazine rings is 1. The van der Waals surface area contributed by atoms with Crippen LogP contribution in [0, 0.1) is 0 Å². The molecule has 0 aliphatic carbocycles. The smallest absolute Gasteiger partial charge is 0.257 e. The molecule has 2 fully saturated rings. The zero-order chi connectivity index (χ0) is 31.9. The van der Waals surface area contributed by atoms with Crippen molar-refractivity contribution in [1.82, 2.24) is 14.7 Å². The van der Waals surface area contributed by atoms with E-state index >= 15 is 0 Å². The van der Waals surface area contributed by atoms with Crippen LogP contribution in [-0.2, 0) is 9.84 Å². The third-order valence-corrected chi connectivity index (χ3v) is 11.2. The van der Waals surface area contributed by atoms with Crippen LogP contribution in [0.3, 0.4) is 0 Å². The Morgan fingerprint density at radius 3 is 2.27 bits per heavy atom. The summed E-state index contributed by atoms with van der Waals surface area (Å²) in [6.45, 7) is 12.4. The van der Waals surface area contributed by atoms with Gasteiger partial charge in [0.05, 0.1) is 22.5 Å². The molecule has 10 heteroatoms. The van der Waals surface area contributed by atoms with E-state index in [0.717, 1.165) is 51.1 Å². The number of nitrogens with zero attached hydrogens (tertiary/aromatic N) is 3. The van der Waals surface area contributed by atoms with Crippen molar-refractivity contribution in [1.29, 1.82) is 0 Å². The van der Waals surface area contributed by atoms with E-state index < -0.39 is 15.6 Å². The summed E-state index contributed by atoms with van der Waals surface area (Å²) in [5, 5.41) is 0. The first-order valence-corrected chi connectivity index (χ1v) is 17.2. The highest BCUT2D eigenvalue weighted by atomic mass is 32.2. The minimum atomic E-state index is -3.71. The van der Waals surface area contributed by atoms with E-state index in [1.54, 1.807) is 51.3 Å². The topological polar surface area (TPSA) is 88.6 Å². The summed E-state index contributed by atoms with van der Waals surface area (Å²) in [5.74, 6) is 0.819. The molecule has 0 unspecified atom stereocenters. The quantitative estimate of drug-likeness (QED) is 0.342. The molecule has 0 aromatic heterocycles. The zero-order valence-corrected chi connectivity index (χ0v) is 27.5. The van der Waals surface area contributed by atoms with Crippen molar-refractivity contribution in [2.24, 2.45) is 0 Å². The van der Waals surface area contributed by atoms with Gasteiger partial charge < -0.3 is 19.1 Å². The van der Waals surface area contributed by atoms with Gasteiger partial charge in [0, 0.05) is 70.8 Å². The van der Waals surface area contributed by atoms with Crippen molar-refractivity contribution in [3.63, 3.8) is 0 Å². The molecule has 3 aliphatic heterocycles. The van der Waals surface area contributed by atoms with Gasteiger partial charge in [0.15, 0.2) is 11.5 Å². The Bertz CT molecular complexity index is 1650. The number of ether oxygens (including phenoxy) is 3. The van der Waals surface area contributed by atoms with Crippen molar-refractivity contribution < 1.29 is 27.4 Å². The lowest BCUT2D eigenvalue weighted by atomic mass is 9.98. The van der Waals surface area contributed by atoms with Crippen molar-refractivity contribution in [2.45, 2.75) is 74.2 Å². The van der Waals surface area contributed by atoms with E-state index in [1.165, 1.54) is 0 Å². The van der Waals surface area contributed by atoms with Crippen molar-refractivity contribution in [2.75, 3.05) is 39.8 Å². The Kier molecular flexibility index (Phi) is 8.58. The number of para-hydroxylation sites is 1. The van der Waals surface area contributed by atoms with E-state index in [1.807, 2.05) is 41.3 Å². The van der Waals surface area contributed by atoms with Crippen molar-refractivity contribution >= 4 is 15.7 Å². The highest BCUT2D eigenvalue weighted by molar-refractivity contribution is 7.91. The molecule has 3 heterocycles. The largest absolute Gasteiger partial charge is 0.496 e. The van der Waals surface area contributed by atoms with Crippen LogP contribution in [0.1, 0.15) is 62.5 Å². The number of carbonyl (C=O) groups is 1. The lowest BCUT2D eigenvalue weighted by molar-refractivity contribution is -0.0432. The summed E-state index contributed by atoms with van der Waals surface area (Å²) in [7, 11) is -2.11. The lowest BCUT2D eigenvalue weighted by Crippen LogP contribution is -2.57. The number of rotatable bonds is 7. The lowest BCUT2D eigenvalue weighted by Gasteiger charge is -2.47. The number of hydrogen-bond acceptors (Lipinski definition) is 8. The van der Waals surface area contributed by atoms with Crippen LogP contribution in [-0.4, -0.2) is 86.7 Å². The summed E-state index contributed by atoms with van der Waals surface area (Å²) in [5.41, 5.74) is 1.71. The van der Waals surface area contributed by atoms with Gasteiger partial charge in [-0.15, -0.1) is 0 Å². The van der Waals surface area contributed by atoms with Crippen LogP contribution < -0.4 is 14.2 Å². The third kappa shape index (κ3) is 6.28. The fraction of sp³-hybridized carbons (Fsp3) is 0.457. The molecule has 240 valence electrons. The molecule has 2 atom stereocenters. The predicted molar refractivity (Wildman–Crippen MR) is 172 cm³/mol. The maximum Gasteiger partial charge on any atom is 0.257 e. The van der Waals surface area contributed by atoms with Gasteiger partial charge in [-0.05, 0) is 68.7 Å². The van der Waals surface area contributed by atoms with Gasteiger partial charge in [-0.3, -0.25) is 14.6 Å². The van der Waals surface area contributed by atoms with Crippen LogP contribution in [0.2, 0.25) is 0 Å². The summed E-state index contributed by atoms with van der Waals surface area (Å²) in [6.07, 6.45) is 1.92. The number of likely N-dealkylation sites (tertiary alicyclic amines) is 1. The molecule has 9 nitrogen and oxygen atoms in total. The Labute approximate surface area is 266 Å². The first kappa shape index (κ1) is 31.4. The van der Waals surface area contributed by atoms with E-state index in [9.17, 15) is 13.2 Å². The molecule has 0 radical (unpaired) electrons. The molecule has 3 aromatic carbocycles. The molecule has 3 aromatic rings. The highest BCUT2D eigenvalue weighted by Crippen LogP contribution is 2.41. The van der Waals surface area contributed by atoms with Gasteiger partial charge in [0.2, 0.25) is 15.6 Å². The van der Waals surface area contributed by atoms with Crippen LogP contribution >= 0.6 is 0 Å². The SMILES string of the molecule is COc1ccccc1C(=O)N1CCC(N2CCN([C@@H](C)c3ccc(S(=O)(=O)c4ccc5c(c4)OC(C)(C)O5)cc3)[C@H](C)C2)CC1. The molecule has 2 saturated heterocycles. The number of benzene rings is 3. The Morgan fingerprint density at radius 2 is 1.58 bits per heavy atom. The van der Waals surface area contributed by atoms with Crippen LogP contribution in [0.5, 0.6) is 17.2 Å². The van der Waals surface area contributed by atoms with Gasteiger partial charge in [-0.25, -0.2) is 8.42 Å². The minimum absolute atomic E-state index is 0.0386. The second kappa shape index (κ2) is 12.3. The van der Waals surface area contributed by atoms with E-state index in [2.05, 4.69) is 23.6 Å². The number of hydrogen-bond donors (Lipinski definition) is 0. The van der Waals surface area contributed by atoms with E-state index in [0.29, 0.717) is 34.9 Å². The number of amides is 1. The summed E-state index contributed by atoms with van der Waals surface area (Å²) < 4.78 is 43.8. The first-order chi connectivity index (χ1) is 21.5. The standard InChI is InChI=1S/C35H43N3O6S/c1-24-23-37(27-16-18-36(19-17-27)34(39)30-8-6-7-9-31(30)42-5)20-21-38(24)25(2)26-10-12-28(13-11-26)45(40,41)29-14-15-32-33(22-29)44-35(3,4)43-32/h6-15,22,24-25,27H,16-21,23H2,1-5H3/t24-,25+/m1/s1. The molecule has 1 amide bonds. The molecular formula is C35H43N3O6S. The highest BCUT2D eigenvalue weighted by Gasteiger charge is 2.35. The van der Waals surface area contributed by atoms with Crippen LogP contribution in [0.4, 0.5) is 0 Å². The zero-order valence-electron chi connectivity index (χ0n) is 26.7. The number of carbonyl (C=O) groups excluding carboxylic acids is 1. The average molecular weight is 634 g/mol. The molecule has 0 N–H and O–H groups in total. The number of fused-ring (bicyclic) bond motifs is 1.